The predicted octanol–water partition coefficient (Wildman–Crippen LogP) is 1.96. The topological polar surface area (TPSA) is 48.8 Å². The molecule has 0 fully saturated rings. The van der Waals surface area contributed by atoms with Gasteiger partial charge in [0.05, 0.1) is 5.37 Å². The van der Waals surface area contributed by atoms with E-state index in [0.29, 0.717) is 0 Å². The Balaban J connectivity index is 3.35. The molecule has 0 saturated heterocycles. The van der Waals surface area contributed by atoms with Gasteiger partial charge in [-0.25, -0.2) is 0 Å². The molecule has 0 rings (SSSR count). The summed E-state index contributed by atoms with van der Waals surface area (Å²) in [6, 6.07) is 0. The zero-order chi connectivity index (χ0) is 5.70. The fourth-order valence-corrected chi connectivity index (χ4v) is 0.187. The van der Waals surface area contributed by atoms with Crippen LogP contribution in [0.5, 0.6) is 0 Å². The molecule has 7 heavy (non-hydrogen) atoms. The van der Waals surface area contributed by atoms with Crippen molar-refractivity contribution < 1.29 is 0 Å². The minimum atomic E-state index is -0.148. The summed E-state index contributed by atoms with van der Waals surface area (Å²) in [5, 5.41) is 3.14. The molecule has 0 saturated carbocycles. The van der Waals surface area contributed by atoms with E-state index in [1.165, 1.54) is 0 Å². The molecule has 1 unspecified atom stereocenters. The molecule has 0 aromatic rings. The summed E-state index contributed by atoms with van der Waals surface area (Å²) in [6.07, 6.45) is 0.785. The molecule has 1 atom stereocenters. The molecule has 0 bridgehead atoms. The first-order valence-corrected chi connectivity index (χ1v) is 2.55. The lowest BCUT2D eigenvalue weighted by atomic mass is 10.5. The Hall–Kier alpha value is -0.340. The van der Waals surface area contributed by atoms with Gasteiger partial charge < -0.3 is 0 Å². The van der Waals surface area contributed by atoms with Crippen LogP contribution in [-0.4, -0.2) is 5.37 Å². The number of hydrogen-bond donors (Lipinski definition) is 1. The van der Waals surface area contributed by atoms with E-state index < -0.39 is 0 Å². The van der Waals surface area contributed by atoms with Gasteiger partial charge in [0.1, 0.15) is 0 Å². The van der Waals surface area contributed by atoms with Crippen LogP contribution in [0.2, 0.25) is 0 Å². The molecule has 0 aromatic carbocycles. The summed E-state index contributed by atoms with van der Waals surface area (Å²) in [5.74, 6) is 0. The van der Waals surface area contributed by atoms with E-state index in [1.807, 2.05) is 6.92 Å². The first kappa shape index (κ1) is 6.66. The molecule has 0 radical (unpaired) electrons. The predicted molar refractivity (Wildman–Crippen MR) is 32.2 cm³/mol. The lowest BCUT2D eigenvalue weighted by Crippen LogP contribution is -1.84. The van der Waals surface area contributed by atoms with Crippen LogP contribution in [0.4, 0.5) is 0 Å². The van der Waals surface area contributed by atoms with E-state index in [0.717, 1.165) is 6.42 Å². The van der Waals surface area contributed by atoms with Gasteiger partial charge in [0.25, 0.3) is 0 Å². The number of nitrogens with zero attached hydrogens (tertiary/aromatic N) is 3. The van der Waals surface area contributed by atoms with Crippen LogP contribution >= 0.6 is 12.6 Å². The fourth-order valence-electron chi connectivity index (χ4n) is 0.141. The molecule has 0 heterocycles. The second-order valence-corrected chi connectivity index (χ2v) is 1.69. The third-order valence-electron chi connectivity index (χ3n) is 0.550. The molecular weight excluding hydrogens is 110 g/mol. The first-order valence-electron chi connectivity index (χ1n) is 2.03. The van der Waals surface area contributed by atoms with Crippen LogP contribution in [0, 0.1) is 0 Å². The quantitative estimate of drug-likeness (QED) is 0.249. The standard InChI is InChI=1S/C3H7N3S/c1-2-3(7)5-6-4/h3,7H,2H2,1H3. The van der Waals surface area contributed by atoms with Gasteiger partial charge in [0.15, 0.2) is 0 Å². The van der Waals surface area contributed by atoms with Gasteiger partial charge in [-0.15, -0.1) is 0 Å². The molecule has 0 aliphatic heterocycles. The van der Waals surface area contributed by atoms with E-state index in [-0.39, 0.29) is 5.37 Å². The van der Waals surface area contributed by atoms with E-state index in [1.54, 1.807) is 0 Å². The van der Waals surface area contributed by atoms with Crippen LogP contribution in [0.15, 0.2) is 5.11 Å². The maximum atomic E-state index is 7.78. The Morgan fingerprint density at radius 1 is 2.00 bits per heavy atom. The SMILES string of the molecule is CCC(S)N=[N+]=[N-]. The Morgan fingerprint density at radius 2 is 2.57 bits per heavy atom. The molecule has 0 spiro atoms. The largest absolute Gasteiger partial charge is 0.170 e. The van der Waals surface area contributed by atoms with E-state index in [9.17, 15) is 0 Å². The molecule has 0 aliphatic rings. The molecule has 0 amide bonds. The Morgan fingerprint density at radius 3 is 2.71 bits per heavy atom. The first-order chi connectivity index (χ1) is 3.31. The average Bonchev–Trinajstić information content (AvgIpc) is 1.68. The molecular formula is C3H7N3S. The third kappa shape index (κ3) is 3.49. The number of azide groups is 1. The van der Waals surface area contributed by atoms with Crippen LogP contribution in [0.3, 0.4) is 0 Å². The van der Waals surface area contributed by atoms with Crippen molar-refractivity contribution in [3.63, 3.8) is 0 Å². The summed E-state index contributed by atoms with van der Waals surface area (Å²) in [7, 11) is 0. The highest BCUT2D eigenvalue weighted by Crippen LogP contribution is 1.99. The summed E-state index contributed by atoms with van der Waals surface area (Å²) in [5.41, 5.74) is 7.78. The van der Waals surface area contributed by atoms with E-state index >= 15 is 0 Å². The van der Waals surface area contributed by atoms with Gasteiger partial charge >= 0.3 is 0 Å². The molecule has 0 N–H and O–H groups in total. The maximum Gasteiger partial charge on any atom is 0.0801 e. The fraction of sp³-hybridized carbons (Fsp3) is 1.00. The Bertz CT molecular complexity index is 86.2. The summed E-state index contributed by atoms with van der Waals surface area (Å²) in [4.78, 5) is 2.56. The highest BCUT2D eigenvalue weighted by Gasteiger charge is 1.89. The van der Waals surface area contributed by atoms with Crippen molar-refractivity contribution in [2.75, 3.05) is 0 Å². The van der Waals surface area contributed by atoms with Crippen molar-refractivity contribution in [1.29, 1.82) is 0 Å². The van der Waals surface area contributed by atoms with Crippen LogP contribution in [-0.2, 0) is 0 Å². The van der Waals surface area contributed by atoms with Gasteiger partial charge in [-0.05, 0) is 12.0 Å². The second kappa shape index (κ2) is 3.84. The number of rotatable bonds is 2. The normalized spacial score (nSPS) is 12.3. The smallest absolute Gasteiger partial charge is 0.0801 e. The van der Waals surface area contributed by atoms with E-state index in [2.05, 4.69) is 22.7 Å². The second-order valence-electron chi connectivity index (χ2n) is 1.09. The number of hydrogen-bond acceptors (Lipinski definition) is 2. The Labute approximate surface area is 47.8 Å². The zero-order valence-electron chi connectivity index (χ0n) is 4.07. The summed E-state index contributed by atoms with van der Waals surface area (Å²) >= 11 is 3.89. The van der Waals surface area contributed by atoms with Gasteiger partial charge in [-0.3, -0.25) is 0 Å². The van der Waals surface area contributed by atoms with Crippen molar-refractivity contribution in [2.45, 2.75) is 18.7 Å². The summed E-state index contributed by atoms with van der Waals surface area (Å²) < 4.78 is 0. The van der Waals surface area contributed by atoms with Crippen molar-refractivity contribution in [1.82, 2.24) is 0 Å². The maximum absolute atomic E-state index is 7.78. The van der Waals surface area contributed by atoms with E-state index in [4.69, 9.17) is 5.53 Å². The van der Waals surface area contributed by atoms with Gasteiger partial charge in [0.2, 0.25) is 0 Å². The van der Waals surface area contributed by atoms with Crippen molar-refractivity contribution in [2.24, 2.45) is 5.11 Å². The molecule has 0 aliphatic carbocycles. The summed E-state index contributed by atoms with van der Waals surface area (Å²) in [6.45, 7) is 1.91. The molecule has 3 nitrogen and oxygen atoms in total. The van der Waals surface area contributed by atoms with Gasteiger partial charge in [0, 0.05) is 4.91 Å². The van der Waals surface area contributed by atoms with Crippen molar-refractivity contribution in [3.05, 3.63) is 10.4 Å². The molecule has 0 aromatic heterocycles. The monoisotopic (exact) mass is 117 g/mol. The third-order valence-corrected chi connectivity index (χ3v) is 1.02. The lowest BCUT2D eigenvalue weighted by molar-refractivity contribution is 0.866. The highest BCUT2D eigenvalue weighted by atomic mass is 32.1. The average molecular weight is 117 g/mol. The van der Waals surface area contributed by atoms with Crippen molar-refractivity contribution >= 4 is 12.6 Å². The Kier molecular flexibility index (Phi) is 3.65. The van der Waals surface area contributed by atoms with Crippen LogP contribution < -0.4 is 0 Å². The minimum Gasteiger partial charge on any atom is -0.170 e. The van der Waals surface area contributed by atoms with Crippen LogP contribution in [0.1, 0.15) is 13.3 Å². The zero-order valence-corrected chi connectivity index (χ0v) is 4.97. The lowest BCUT2D eigenvalue weighted by Gasteiger charge is -1.91. The van der Waals surface area contributed by atoms with Crippen LogP contribution in [0.25, 0.3) is 10.4 Å². The van der Waals surface area contributed by atoms with Gasteiger partial charge in [-0.1, -0.05) is 12.0 Å². The highest BCUT2D eigenvalue weighted by molar-refractivity contribution is 7.80. The number of thiol groups is 1. The minimum absolute atomic E-state index is 0.148. The van der Waals surface area contributed by atoms with Crippen molar-refractivity contribution in [3.8, 4) is 0 Å². The van der Waals surface area contributed by atoms with Gasteiger partial charge in [-0.2, -0.15) is 12.6 Å². The molecule has 4 heteroatoms. The molecule has 40 valence electrons.